The molecule has 0 saturated heterocycles. The Bertz CT molecular complexity index is 533. The summed E-state index contributed by atoms with van der Waals surface area (Å²) in [5, 5.41) is 30.2. The Labute approximate surface area is 111 Å². The van der Waals surface area contributed by atoms with Crippen LogP contribution in [0.5, 0.6) is 0 Å². The quantitative estimate of drug-likeness (QED) is 0.532. The smallest absolute Gasteiger partial charge is 0.328 e. The first-order valence-corrected chi connectivity index (χ1v) is 5.33. The first kappa shape index (κ1) is 14.9. The summed E-state index contributed by atoms with van der Waals surface area (Å²) in [7, 11) is 0. The van der Waals surface area contributed by atoms with Gasteiger partial charge >= 0.3 is 5.97 Å². The van der Waals surface area contributed by atoms with Crippen molar-refractivity contribution in [1.82, 2.24) is 5.32 Å². The minimum atomic E-state index is -1.54. The van der Waals surface area contributed by atoms with Gasteiger partial charge in [-0.05, 0) is 12.1 Å². The van der Waals surface area contributed by atoms with Gasteiger partial charge in [0.15, 0.2) is 6.04 Å². The molecule has 9 heteroatoms. The minimum Gasteiger partial charge on any atom is -0.480 e. The normalized spacial score (nSPS) is 11.7. The van der Waals surface area contributed by atoms with Gasteiger partial charge in [0.05, 0.1) is 11.5 Å². The number of benzene rings is 1. The number of carboxylic acid groups (broad SMARTS) is 1. The molecule has 1 amide bonds. The third-order valence-electron chi connectivity index (χ3n) is 2.19. The van der Waals surface area contributed by atoms with Crippen LogP contribution in [0.4, 0.5) is 5.69 Å². The van der Waals surface area contributed by atoms with E-state index in [0.29, 0.717) is 0 Å². The number of carboxylic acids is 1. The van der Waals surface area contributed by atoms with Crippen molar-refractivity contribution < 1.29 is 24.7 Å². The summed E-state index contributed by atoms with van der Waals surface area (Å²) in [6, 6.07) is 1.80. The van der Waals surface area contributed by atoms with Crippen molar-refractivity contribution in [2.75, 3.05) is 6.61 Å². The number of rotatable bonds is 5. The number of hydrogen-bond donors (Lipinski definition) is 3. The van der Waals surface area contributed by atoms with Crippen molar-refractivity contribution in [1.29, 1.82) is 0 Å². The predicted molar refractivity (Wildman–Crippen MR) is 64.1 cm³/mol. The zero-order chi connectivity index (χ0) is 14.6. The van der Waals surface area contributed by atoms with E-state index in [-0.39, 0.29) is 10.6 Å². The van der Waals surface area contributed by atoms with Crippen LogP contribution in [0.3, 0.4) is 0 Å². The number of nitrogens with zero attached hydrogens (tertiary/aromatic N) is 1. The van der Waals surface area contributed by atoms with Gasteiger partial charge in [-0.15, -0.1) is 0 Å². The number of hydrogen-bond acceptors (Lipinski definition) is 5. The SMILES string of the molecule is O=C(N[C@@H](CO)C(=O)O)c1ccc(Cl)cc1[N+](=O)[O-]. The molecule has 0 aromatic heterocycles. The van der Waals surface area contributed by atoms with Gasteiger partial charge in [-0.25, -0.2) is 4.79 Å². The van der Waals surface area contributed by atoms with Crippen molar-refractivity contribution in [3.8, 4) is 0 Å². The lowest BCUT2D eigenvalue weighted by molar-refractivity contribution is -0.385. The first-order chi connectivity index (χ1) is 8.86. The van der Waals surface area contributed by atoms with Crippen LogP contribution in [0, 0.1) is 10.1 Å². The Kier molecular flexibility index (Phi) is 4.79. The zero-order valence-electron chi connectivity index (χ0n) is 9.37. The highest BCUT2D eigenvalue weighted by Crippen LogP contribution is 2.23. The topological polar surface area (TPSA) is 130 Å². The lowest BCUT2D eigenvalue weighted by atomic mass is 10.1. The molecule has 0 unspecified atom stereocenters. The average molecular weight is 289 g/mol. The van der Waals surface area contributed by atoms with Crippen LogP contribution in [-0.4, -0.2) is 39.7 Å². The van der Waals surface area contributed by atoms with E-state index >= 15 is 0 Å². The molecule has 0 bridgehead atoms. The van der Waals surface area contributed by atoms with Gasteiger partial charge in [0, 0.05) is 11.1 Å². The Hall–Kier alpha value is -2.19. The Morgan fingerprint density at radius 1 is 1.47 bits per heavy atom. The molecule has 0 radical (unpaired) electrons. The Morgan fingerprint density at radius 2 is 2.11 bits per heavy atom. The largest absolute Gasteiger partial charge is 0.480 e. The van der Waals surface area contributed by atoms with Crippen LogP contribution in [0.15, 0.2) is 18.2 Å². The summed E-state index contributed by atoms with van der Waals surface area (Å²) in [4.78, 5) is 32.3. The summed E-state index contributed by atoms with van der Waals surface area (Å²) in [6.07, 6.45) is 0. The van der Waals surface area contributed by atoms with Crippen LogP contribution >= 0.6 is 11.6 Å². The van der Waals surface area contributed by atoms with E-state index in [4.69, 9.17) is 21.8 Å². The molecule has 0 aliphatic carbocycles. The molecule has 8 nitrogen and oxygen atoms in total. The number of amides is 1. The van der Waals surface area contributed by atoms with E-state index in [1.54, 1.807) is 0 Å². The van der Waals surface area contributed by atoms with Crippen molar-refractivity contribution >= 4 is 29.2 Å². The number of nitro groups is 1. The number of aliphatic hydroxyl groups excluding tert-OH is 1. The monoisotopic (exact) mass is 288 g/mol. The van der Waals surface area contributed by atoms with Crippen LogP contribution in [0.2, 0.25) is 5.02 Å². The van der Waals surface area contributed by atoms with Crippen LogP contribution < -0.4 is 5.32 Å². The molecule has 0 heterocycles. The van der Waals surface area contributed by atoms with Gasteiger partial charge in [0.2, 0.25) is 0 Å². The molecule has 1 aromatic rings. The number of carbonyl (C=O) groups excluding carboxylic acids is 1. The molecular formula is C10H9ClN2O6. The van der Waals surface area contributed by atoms with Crippen LogP contribution in [-0.2, 0) is 4.79 Å². The molecule has 0 spiro atoms. The standard InChI is InChI=1S/C10H9ClN2O6/c11-5-1-2-6(8(3-5)13(18)19)9(15)12-7(4-14)10(16)17/h1-3,7,14H,4H2,(H,12,15)(H,16,17)/t7-/m0/s1. The maximum atomic E-state index is 11.7. The van der Waals surface area contributed by atoms with Crippen molar-refractivity contribution in [2.45, 2.75) is 6.04 Å². The maximum Gasteiger partial charge on any atom is 0.328 e. The fourth-order valence-electron chi connectivity index (χ4n) is 1.27. The summed E-state index contributed by atoms with van der Waals surface area (Å²) < 4.78 is 0. The van der Waals surface area contributed by atoms with Crippen molar-refractivity contribution in [3.63, 3.8) is 0 Å². The minimum absolute atomic E-state index is 0.0696. The number of nitro benzene ring substituents is 1. The second-order valence-electron chi connectivity index (χ2n) is 3.47. The van der Waals surface area contributed by atoms with Crippen molar-refractivity contribution in [2.24, 2.45) is 0 Å². The number of carbonyl (C=O) groups is 2. The summed E-state index contributed by atoms with van der Waals surface area (Å²) >= 11 is 5.58. The summed E-state index contributed by atoms with van der Waals surface area (Å²) in [6.45, 7) is -0.831. The third-order valence-corrected chi connectivity index (χ3v) is 2.42. The van der Waals surface area contributed by atoms with Gasteiger partial charge < -0.3 is 15.5 Å². The number of halogens is 1. The molecule has 1 atom stereocenters. The van der Waals surface area contributed by atoms with Gasteiger partial charge in [-0.1, -0.05) is 11.6 Å². The van der Waals surface area contributed by atoms with E-state index < -0.39 is 35.1 Å². The van der Waals surface area contributed by atoms with E-state index in [0.717, 1.165) is 12.1 Å². The predicted octanol–water partition coefficient (Wildman–Crippen LogP) is 0.424. The third kappa shape index (κ3) is 3.63. The van der Waals surface area contributed by atoms with Crippen LogP contribution in [0.25, 0.3) is 0 Å². The molecule has 0 aliphatic heterocycles. The number of aliphatic carboxylic acids is 1. The molecule has 3 N–H and O–H groups in total. The lowest BCUT2D eigenvalue weighted by Gasteiger charge is -2.11. The Morgan fingerprint density at radius 3 is 2.58 bits per heavy atom. The molecular weight excluding hydrogens is 280 g/mol. The zero-order valence-corrected chi connectivity index (χ0v) is 10.1. The molecule has 19 heavy (non-hydrogen) atoms. The van der Waals surface area contributed by atoms with Gasteiger partial charge in [0.1, 0.15) is 5.56 Å². The molecule has 1 aromatic carbocycles. The Balaban J connectivity index is 3.06. The van der Waals surface area contributed by atoms with Crippen LogP contribution in [0.1, 0.15) is 10.4 Å². The van der Waals surface area contributed by atoms with E-state index in [1.807, 2.05) is 5.32 Å². The van der Waals surface area contributed by atoms with Gasteiger partial charge in [-0.3, -0.25) is 14.9 Å². The highest BCUT2D eigenvalue weighted by Gasteiger charge is 2.25. The molecule has 0 aliphatic rings. The fourth-order valence-corrected chi connectivity index (χ4v) is 1.44. The maximum absolute atomic E-state index is 11.7. The number of aliphatic hydroxyl groups is 1. The summed E-state index contributed by atoms with van der Waals surface area (Å²) in [5.74, 6) is -2.43. The van der Waals surface area contributed by atoms with Crippen molar-refractivity contribution in [3.05, 3.63) is 38.9 Å². The molecule has 0 fully saturated rings. The molecule has 1 rings (SSSR count). The van der Waals surface area contributed by atoms with Gasteiger partial charge in [-0.2, -0.15) is 0 Å². The second kappa shape index (κ2) is 6.12. The highest BCUT2D eigenvalue weighted by atomic mass is 35.5. The summed E-state index contributed by atoms with van der Waals surface area (Å²) in [5.41, 5.74) is -0.888. The van der Waals surface area contributed by atoms with Gasteiger partial charge in [0.25, 0.3) is 11.6 Å². The lowest BCUT2D eigenvalue weighted by Crippen LogP contribution is -2.43. The molecule has 0 saturated carbocycles. The van der Waals surface area contributed by atoms with E-state index in [1.165, 1.54) is 6.07 Å². The highest BCUT2D eigenvalue weighted by molar-refractivity contribution is 6.31. The second-order valence-corrected chi connectivity index (χ2v) is 3.90. The number of nitrogens with one attached hydrogen (secondary N) is 1. The average Bonchev–Trinajstić information content (AvgIpc) is 2.34. The first-order valence-electron chi connectivity index (χ1n) is 4.95. The fraction of sp³-hybridized carbons (Fsp3) is 0.200. The molecule has 102 valence electrons. The van der Waals surface area contributed by atoms with E-state index in [9.17, 15) is 19.7 Å². The van der Waals surface area contributed by atoms with E-state index in [2.05, 4.69) is 0 Å².